The van der Waals surface area contributed by atoms with Gasteiger partial charge in [-0.05, 0) is 32.2 Å². The Morgan fingerprint density at radius 1 is 1.53 bits per heavy atom. The summed E-state index contributed by atoms with van der Waals surface area (Å²) in [5.41, 5.74) is 1.39. The molecule has 1 heterocycles. The van der Waals surface area contributed by atoms with E-state index >= 15 is 0 Å². The molecule has 0 aromatic carbocycles. The van der Waals surface area contributed by atoms with Crippen LogP contribution in [0.2, 0.25) is 0 Å². The first-order valence-corrected chi connectivity index (χ1v) is 7.06. The maximum atomic E-state index is 11.8. The van der Waals surface area contributed by atoms with Crippen molar-refractivity contribution >= 4 is 23.4 Å². The highest BCUT2D eigenvalue weighted by atomic mass is 32.2. The van der Waals surface area contributed by atoms with Crippen LogP contribution in [-0.4, -0.2) is 35.5 Å². The summed E-state index contributed by atoms with van der Waals surface area (Å²) in [5.74, 6) is 0.788. The van der Waals surface area contributed by atoms with Crippen LogP contribution in [-0.2, 0) is 0 Å². The molecular weight excluding hydrogens is 234 g/mol. The fraction of sp³-hybridized carbons (Fsp3) is 0.500. The van der Waals surface area contributed by atoms with Gasteiger partial charge in [0.15, 0.2) is 0 Å². The molecule has 0 aliphatic carbocycles. The van der Waals surface area contributed by atoms with Gasteiger partial charge in [0.2, 0.25) is 0 Å². The molecule has 0 saturated heterocycles. The van der Waals surface area contributed by atoms with E-state index in [-0.39, 0.29) is 11.9 Å². The Labute approximate surface area is 107 Å². The van der Waals surface area contributed by atoms with Crippen LogP contribution in [0.5, 0.6) is 0 Å². The minimum atomic E-state index is -0.116. The third-order valence-electron chi connectivity index (χ3n) is 2.17. The second kappa shape index (κ2) is 7.17. The Kier molecular flexibility index (Phi) is 5.83. The molecule has 4 nitrogen and oxygen atoms in total. The summed E-state index contributed by atoms with van der Waals surface area (Å²) in [6.07, 6.45) is 3.70. The fourth-order valence-corrected chi connectivity index (χ4v) is 2.01. The van der Waals surface area contributed by atoms with E-state index in [4.69, 9.17) is 0 Å². The minimum Gasteiger partial charge on any atom is -0.384 e. The maximum absolute atomic E-state index is 11.8. The molecule has 0 aliphatic heterocycles. The number of aromatic nitrogens is 1. The lowest BCUT2D eigenvalue weighted by atomic mass is 10.3. The van der Waals surface area contributed by atoms with Gasteiger partial charge in [0.25, 0.3) is 5.91 Å². The van der Waals surface area contributed by atoms with E-state index < -0.39 is 0 Å². The minimum absolute atomic E-state index is 0.116. The number of hydrogen-bond donors (Lipinski definition) is 2. The molecule has 0 bridgehead atoms. The van der Waals surface area contributed by atoms with E-state index in [0.29, 0.717) is 5.69 Å². The van der Waals surface area contributed by atoms with Crippen molar-refractivity contribution in [3.63, 3.8) is 0 Å². The first kappa shape index (κ1) is 13.8. The number of hydrogen-bond acceptors (Lipinski definition) is 4. The lowest BCUT2D eigenvalue weighted by Gasteiger charge is -2.12. The number of anilines is 1. The monoisotopic (exact) mass is 253 g/mol. The molecule has 94 valence electrons. The van der Waals surface area contributed by atoms with Gasteiger partial charge in [-0.15, -0.1) is 0 Å². The van der Waals surface area contributed by atoms with Gasteiger partial charge >= 0.3 is 0 Å². The molecule has 0 radical (unpaired) electrons. The summed E-state index contributed by atoms with van der Waals surface area (Å²) in [6.45, 7) is 4.85. The number of nitrogens with zero attached hydrogens (tertiary/aromatic N) is 1. The number of nitrogens with one attached hydrogen (secondary N) is 2. The van der Waals surface area contributed by atoms with E-state index in [9.17, 15) is 4.79 Å². The maximum Gasteiger partial charge on any atom is 0.270 e. The predicted octanol–water partition coefficient (Wildman–Crippen LogP) is 1.99. The van der Waals surface area contributed by atoms with Gasteiger partial charge in [-0.3, -0.25) is 4.79 Å². The van der Waals surface area contributed by atoms with E-state index in [2.05, 4.69) is 15.6 Å². The average Bonchev–Trinajstić information content (AvgIpc) is 2.30. The number of rotatable bonds is 6. The smallest absolute Gasteiger partial charge is 0.270 e. The Morgan fingerprint density at radius 2 is 2.29 bits per heavy atom. The summed E-state index contributed by atoms with van der Waals surface area (Å²) in [7, 11) is 0. The molecule has 17 heavy (non-hydrogen) atoms. The topological polar surface area (TPSA) is 54.0 Å². The number of carbonyl (C=O) groups excluding carboxylic acids is 1. The Bertz CT molecular complexity index is 353. The van der Waals surface area contributed by atoms with Gasteiger partial charge in [-0.1, -0.05) is 0 Å². The van der Waals surface area contributed by atoms with Crippen molar-refractivity contribution in [1.82, 2.24) is 10.3 Å². The molecule has 5 heteroatoms. The Hall–Kier alpha value is -1.23. The second-order valence-electron chi connectivity index (χ2n) is 3.79. The van der Waals surface area contributed by atoms with E-state index in [1.165, 1.54) is 0 Å². The van der Waals surface area contributed by atoms with Gasteiger partial charge < -0.3 is 10.6 Å². The highest BCUT2D eigenvalue weighted by Gasteiger charge is 2.10. The van der Waals surface area contributed by atoms with Crippen LogP contribution in [0.1, 0.15) is 24.3 Å². The lowest BCUT2D eigenvalue weighted by Crippen LogP contribution is -2.34. The molecule has 0 fully saturated rings. The van der Waals surface area contributed by atoms with E-state index in [0.717, 1.165) is 18.0 Å². The van der Waals surface area contributed by atoms with Crippen molar-refractivity contribution in [3.8, 4) is 0 Å². The predicted molar refractivity (Wildman–Crippen MR) is 73.7 cm³/mol. The first-order valence-electron chi connectivity index (χ1n) is 5.67. The van der Waals surface area contributed by atoms with Crippen molar-refractivity contribution in [1.29, 1.82) is 0 Å². The molecule has 0 saturated carbocycles. The number of amides is 1. The zero-order chi connectivity index (χ0) is 12.7. The van der Waals surface area contributed by atoms with Gasteiger partial charge in [0.05, 0.1) is 11.9 Å². The van der Waals surface area contributed by atoms with Crippen molar-refractivity contribution in [3.05, 3.63) is 24.0 Å². The van der Waals surface area contributed by atoms with Gasteiger partial charge in [0.1, 0.15) is 5.69 Å². The summed E-state index contributed by atoms with van der Waals surface area (Å²) in [5, 5.41) is 6.04. The van der Waals surface area contributed by atoms with Gasteiger partial charge in [-0.25, -0.2) is 4.98 Å². The first-order chi connectivity index (χ1) is 8.17. The lowest BCUT2D eigenvalue weighted by molar-refractivity contribution is 0.0939. The normalized spacial score (nSPS) is 11.9. The van der Waals surface area contributed by atoms with Crippen molar-refractivity contribution in [2.75, 3.05) is 23.9 Å². The van der Waals surface area contributed by atoms with Crippen LogP contribution in [0.3, 0.4) is 0 Å². The molecule has 1 aromatic rings. The van der Waals surface area contributed by atoms with Crippen molar-refractivity contribution < 1.29 is 4.79 Å². The molecular formula is C12H19N3OS. The van der Waals surface area contributed by atoms with Crippen LogP contribution in [0, 0.1) is 0 Å². The van der Waals surface area contributed by atoms with Crippen LogP contribution < -0.4 is 10.6 Å². The molecule has 0 spiro atoms. The summed E-state index contributed by atoms with van der Waals surface area (Å²) in [4.78, 5) is 15.9. The molecule has 2 N–H and O–H groups in total. The molecule has 1 aromatic heterocycles. The third kappa shape index (κ3) is 4.65. The molecule has 1 rings (SSSR count). The number of thioether (sulfide) groups is 1. The standard InChI is InChI=1S/C12H19N3OS/c1-4-13-10-5-6-11(14-7-10)12(16)15-9(2)8-17-3/h5-7,9,13H,4,8H2,1-3H3,(H,15,16). The van der Waals surface area contributed by atoms with Crippen LogP contribution in [0.4, 0.5) is 5.69 Å². The van der Waals surface area contributed by atoms with Crippen LogP contribution in [0.25, 0.3) is 0 Å². The molecule has 0 aliphatic rings. The number of pyridine rings is 1. The number of carbonyl (C=O) groups is 1. The second-order valence-corrected chi connectivity index (χ2v) is 4.70. The van der Waals surface area contributed by atoms with Crippen LogP contribution >= 0.6 is 11.8 Å². The molecule has 1 atom stereocenters. The SMILES string of the molecule is CCNc1ccc(C(=O)NC(C)CSC)nc1. The third-order valence-corrected chi connectivity index (χ3v) is 3.00. The highest BCUT2D eigenvalue weighted by molar-refractivity contribution is 7.98. The van der Waals surface area contributed by atoms with Crippen molar-refractivity contribution in [2.45, 2.75) is 19.9 Å². The highest BCUT2D eigenvalue weighted by Crippen LogP contribution is 2.06. The zero-order valence-electron chi connectivity index (χ0n) is 10.5. The Morgan fingerprint density at radius 3 is 2.82 bits per heavy atom. The van der Waals surface area contributed by atoms with Crippen LogP contribution in [0.15, 0.2) is 18.3 Å². The van der Waals surface area contributed by atoms with Crippen molar-refractivity contribution in [2.24, 2.45) is 0 Å². The van der Waals surface area contributed by atoms with E-state index in [1.54, 1.807) is 24.0 Å². The summed E-state index contributed by atoms with van der Waals surface area (Å²) in [6, 6.07) is 3.76. The van der Waals surface area contributed by atoms with Gasteiger partial charge in [0, 0.05) is 18.3 Å². The quantitative estimate of drug-likeness (QED) is 0.814. The summed E-state index contributed by atoms with van der Waals surface area (Å²) < 4.78 is 0. The molecule has 1 unspecified atom stereocenters. The largest absolute Gasteiger partial charge is 0.384 e. The Balaban J connectivity index is 2.57. The summed E-state index contributed by atoms with van der Waals surface area (Å²) >= 11 is 1.71. The van der Waals surface area contributed by atoms with Gasteiger partial charge in [-0.2, -0.15) is 11.8 Å². The van der Waals surface area contributed by atoms with E-state index in [1.807, 2.05) is 26.2 Å². The fourth-order valence-electron chi connectivity index (χ4n) is 1.43. The molecule has 1 amide bonds. The zero-order valence-corrected chi connectivity index (χ0v) is 11.3. The average molecular weight is 253 g/mol.